The Labute approximate surface area is 120 Å². The van der Waals surface area contributed by atoms with Crippen LogP contribution in [-0.4, -0.2) is 25.9 Å². The van der Waals surface area contributed by atoms with E-state index >= 15 is 0 Å². The Kier molecular flexibility index (Phi) is 5.98. The summed E-state index contributed by atoms with van der Waals surface area (Å²) in [7, 11) is 3.17. The summed E-state index contributed by atoms with van der Waals surface area (Å²) < 4.78 is 15.6. The van der Waals surface area contributed by atoms with Crippen LogP contribution in [0.5, 0.6) is 0 Å². The molecule has 0 radical (unpaired) electrons. The van der Waals surface area contributed by atoms with Gasteiger partial charge < -0.3 is 19.5 Å². The molecule has 0 saturated carbocycles. The smallest absolute Gasteiger partial charge is 0.407 e. The van der Waals surface area contributed by atoms with Crippen LogP contribution < -0.4 is 5.32 Å². The van der Waals surface area contributed by atoms with Gasteiger partial charge in [-0.15, -0.1) is 0 Å². The molecule has 0 fully saturated rings. The maximum absolute atomic E-state index is 11.6. The van der Waals surface area contributed by atoms with Crippen molar-refractivity contribution in [1.82, 2.24) is 5.32 Å². The fraction of sp³-hybridized carbons (Fsp3) is 0.533. The van der Waals surface area contributed by atoms with Crippen molar-refractivity contribution in [3.63, 3.8) is 0 Å². The number of amides is 1. The van der Waals surface area contributed by atoms with Crippen LogP contribution in [0.1, 0.15) is 38.2 Å². The third-order valence-corrected chi connectivity index (χ3v) is 2.49. The zero-order valence-corrected chi connectivity index (χ0v) is 12.7. The molecule has 0 bridgehead atoms. The molecule has 0 heterocycles. The van der Waals surface area contributed by atoms with Crippen molar-refractivity contribution in [2.75, 3.05) is 14.2 Å². The lowest BCUT2D eigenvalue weighted by Gasteiger charge is -2.20. The highest BCUT2D eigenvalue weighted by Gasteiger charge is 2.16. The van der Waals surface area contributed by atoms with Crippen LogP contribution in [0.4, 0.5) is 4.79 Å². The van der Waals surface area contributed by atoms with Gasteiger partial charge in [0, 0.05) is 26.3 Å². The Morgan fingerprint density at radius 1 is 1.25 bits per heavy atom. The lowest BCUT2D eigenvalue weighted by atomic mass is 10.1. The van der Waals surface area contributed by atoms with Gasteiger partial charge in [0.2, 0.25) is 0 Å². The van der Waals surface area contributed by atoms with Gasteiger partial charge in [-0.3, -0.25) is 0 Å². The number of carbonyl (C=O) groups excluding carboxylic acids is 1. The van der Waals surface area contributed by atoms with Gasteiger partial charge in [-0.1, -0.05) is 18.2 Å². The first kappa shape index (κ1) is 16.5. The average Bonchev–Trinajstić information content (AvgIpc) is 2.36. The zero-order valence-electron chi connectivity index (χ0n) is 12.7. The maximum atomic E-state index is 11.6. The van der Waals surface area contributed by atoms with Gasteiger partial charge in [-0.05, 0) is 32.4 Å². The summed E-state index contributed by atoms with van der Waals surface area (Å²) in [5.74, 6) is 0. The minimum absolute atomic E-state index is 0.392. The number of hydrogen-bond acceptors (Lipinski definition) is 4. The third kappa shape index (κ3) is 5.59. The molecule has 0 unspecified atom stereocenters. The van der Waals surface area contributed by atoms with Crippen molar-refractivity contribution in [1.29, 1.82) is 0 Å². The van der Waals surface area contributed by atoms with E-state index in [0.29, 0.717) is 6.54 Å². The quantitative estimate of drug-likeness (QED) is 0.843. The monoisotopic (exact) mass is 281 g/mol. The molecule has 1 aromatic rings. The zero-order chi connectivity index (χ0) is 15.2. The predicted octanol–water partition coefficient (Wildman–Crippen LogP) is 3.00. The summed E-state index contributed by atoms with van der Waals surface area (Å²) in [5.41, 5.74) is 1.36. The van der Waals surface area contributed by atoms with E-state index in [1.165, 1.54) is 0 Å². The largest absolute Gasteiger partial charge is 0.444 e. The van der Waals surface area contributed by atoms with Gasteiger partial charge in [0.15, 0.2) is 6.29 Å². The third-order valence-electron chi connectivity index (χ3n) is 2.49. The number of methoxy groups -OCH3 is 2. The summed E-state index contributed by atoms with van der Waals surface area (Å²) in [6.45, 7) is 5.88. The summed E-state index contributed by atoms with van der Waals surface area (Å²) in [5, 5.41) is 2.71. The van der Waals surface area contributed by atoms with Crippen LogP contribution in [0.15, 0.2) is 24.3 Å². The molecular weight excluding hydrogens is 258 g/mol. The molecule has 5 heteroatoms. The molecule has 1 aromatic carbocycles. The molecule has 20 heavy (non-hydrogen) atoms. The number of ether oxygens (including phenoxy) is 3. The van der Waals surface area contributed by atoms with E-state index in [1.807, 2.05) is 45.0 Å². The van der Waals surface area contributed by atoms with Crippen LogP contribution in [0.2, 0.25) is 0 Å². The van der Waals surface area contributed by atoms with E-state index in [-0.39, 0.29) is 0 Å². The van der Waals surface area contributed by atoms with Crippen molar-refractivity contribution in [3.8, 4) is 0 Å². The Hall–Kier alpha value is -1.59. The number of carbonyl (C=O) groups is 1. The van der Waals surface area contributed by atoms with Crippen molar-refractivity contribution in [2.24, 2.45) is 0 Å². The van der Waals surface area contributed by atoms with Crippen molar-refractivity contribution in [3.05, 3.63) is 35.4 Å². The molecule has 0 aromatic heterocycles. The molecule has 1 amide bonds. The lowest BCUT2D eigenvalue weighted by molar-refractivity contribution is -0.106. The van der Waals surface area contributed by atoms with Crippen molar-refractivity contribution in [2.45, 2.75) is 39.2 Å². The topological polar surface area (TPSA) is 56.8 Å². The molecule has 1 N–H and O–H groups in total. The van der Waals surface area contributed by atoms with E-state index < -0.39 is 18.0 Å². The minimum Gasteiger partial charge on any atom is -0.444 e. The molecule has 0 saturated heterocycles. The van der Waals surface area contributed by atoms with Gasteiger partial charge in [-0.25, -0.2) is 4.79 Å². The molecule has 0 aliphatic rings. The lowest BCUT2D eigenvalue weighted by Crippen LogP contribution is -2.32. The first-order valence-corrected chi connectivity index (χ1v) is 6.47. The van der Waals surface area contributed by atoms with Crippen LogP contribution >= 0.6 is 0 Å². The summed E-state index contributed by atoms with van der Waals surface area (Å²) >= 11 is 0. The average molecular weight is 281 g/mol. The Bertz CT molecular complexity index is 436. The highest BCUT2D eigenvalue weighted by atomic mass is 16.7. The fourth-order valence-corrected chi connectivity index (χ4v) is 1.71. The normalized spacial score (nSPS) is 11.5. The van der Waals surface area contributed by atoms with Gasteiger partial charge in [0.05, 0.1) is 0 Å². The van der Waals surface area contributed by atoms with E-state index in [4.69, 9.17) is 14.2 Å². The second kappa shape index (κ2) is 7.26. The Morgan fingerprint density at radius 2 is 1.90 bits per heavy atom. The predicted molar refractivity (Wildman–Crippen MR) is 76.3 cm³/mol. The highest BCUT2D eigenvalue weighted by molar-refractivity contribution is 5.67. The van der Waals surface area contributed by atoms with E-state index in [1.54, 1.807) is 14.2 Å². The fourth-order valence-electron chi connectivity index (χ4n) is 1.71. The summed E-state index contributed by atoms with van der Waals surface area (Å²) in [6, 6.07) is 7.65. The number of benzene rings is 1. The first-order valence-electron chi connectivity index (χ1n) is 6.47. The molecule has 0 aliphatic heterocycles. The molecule has 112 valence electrons. The summed E-state index contributed by atoms with van der Waals surface area (Å²) in [6.07, 6.45) is -0.839. The molecule has 0 atom stereocenters. The highest BCUT2D eigenvalue weighted by Crippen LogP contribution is 2.18. The van der Waals surface area contributed by atoms with Crippen LogP contribution in [0.25, 0.3) is 0 Å². The molecule has 0 spiro atoms. The molecular formula is C15H23NO4. The first-order chi connectivity index (χ1) is 9.35. The van der Waals surface area contributed by atoms with Crippen molar-refractivity contribution >= 4 is 6.09 Å². The number of hydrogen-bond donors (Lipinski definition) is 1. The van der Waals surface area contributed by atoms with Gasteiger partial charge in [-0.2, -0.15) is 0 Å². The molecule has 5 nitrogen and oxygen atoms in total. The molecule has 0 aliphatic carbocycles. The van der Waals surface area contributed by atoms with Crippen LogP contribution in [0, 0.1) is 0 Å². The standard InChI is InChI=1S/C15H23NO4/c1-15(2,3)20-14(17)16-10-11-7-6-8-12(9-11)13(18-4)19-5/h6-9,13H,10H2,1-5H3,(H,16,17). The molecule has 1 rings (SSSR count). The van der Waals surface area contributed by atoms with Gasteiger partial charge in [0.25, 0.3) is 0 Å². The maximum Gasteiger partial charge on any atom is 0.407 e. The Morgan fingerprint density at radius 3 is 2.45 bits per heavy atom. The minimum atomic E-state index is -0.497. The number of nitrogens with one attached hydrogen (secondary N) is 1. The second-order valence-corrected chi connectivity index (χ2v) is 5.40. The number of rotatable bonds is 5. The second-order valence-electron chi connectivity index (χ2n) is 5.40. The van der Waals surface area contributed by atoms with Gasteiger partial charge >= 0.3 is 6.09 Å². The van der Waals surface area contributed by atoms with E-state index in [2.05, 4.69) is 5.32 Å². The van der Waals surface area contributed by atoms with Gasteiger partial charge in [0.1, 0.15) is 5.60 Å². The van der Waals surface area contributed by atoms with E-state index in [9.17, 15) is 4.79 Å². The van der Waals surface area contributed by atoms with Crippen LogP contribution in [0.3, 0.4) is 0 Å². The van der Waals surface area contributed by atoms with Crippen molar-refractivity contribution < 1.29 is 19.0 Å². The van der Waals surface area contributed by atoms with E-state index in [0.717, 1.165) is 11.1 Å². The number of alkyl carbamates (subject to hydrolysis) is 1. The Balaban J connectivity index is 2.61. The van der Waals surface area contributed by atoms with Crippen LogP contribution in [-0.2, 0) is 20.8 Å². The summed E-state index contributed by atoms with van der Waals surface area (Å²) in [4.78, 5) is 11.6. The SMILES string of the molecule is COC(OC)c1cccc(CNC(=O)OC(C)(C)C)c1.